The fraction of sp³-hybridized carbons (Fsp3) is 0.958. The molecular formula is C48H94N2O4S. The monoisotopic (exact) mass is 795 g/mol. The van der Waals surface area contributed by atoms with Gasteiger partial charge < -0.3 is 14.4 Å². The number of hydrogen-bond acceptors (Lipinski definition) is 7. The summed E-state index contributed by atoms with van der Waals surface area (Å²) in [6.07, 6.45) is 43.2. The van der Waals surface area contributed by atoms with Gasteiger partial charge in [0.1, 0.15) is 6.10 Å². The molecule has 55 heavy (non-hydrogen) atoms. The van der Waals surface area contributed by atoms with Gasteiger partial charge in [-0.1, -0.05) is 174 Å². The number of hydrogen-bond donors (Lipinski definition) is 1. The number of esters is 2. The molecule has 0 aromatic carbocycles. The molecule has 0 atom stereocenters. The Labute approximate surface area is 347 Å². The highest BCUT2D eigenvalue weighted by Gasteiger charge is 2.21. The lowest BCUT2D eigenvalue weighted by molar-refractivity contribution is -0.150. The summed E-state index contributed by atoms with van der Waals surface area (Å²) in [5.74, 6) is 0.0390. The maximum atomic E-state index is 12.8. The van der Waals surface area contributed by atoms with Crippen molar-refractivity contribution >= 4 is 23.9 Å². The van der Waals surface area contributed by atoms with Gasteiger partial charge in [0.05, 0.1) is 6.61 Å². The van der Waals surface area contributed by atoms with Crippen molar-refractivity contribution < 1.29 is 19.1 Å². The molecule has 0 heterocycles. The van der Waals surface area contributed by atoms with Crippen LogP contribution in [0.1, 0.15) is 252 Å². The van der Waals surface area contributed by atoms with Crippen molar-refractivity contribution in [3.05, 3.63) is 0 Å². The van der Waals surface area contributed by atoms with E-state index in [9.17, 15) is 9.59 Å². The van der Waals surface area contributed by atoms with E-state index >= 15 is 0 Å². The van der Waals surface area contributed by atoms with Crippen LogP contribution in [0, 0.1) is 0 Å². The second kappa shape index (κ2) is 41.4. The Balaban J connectivity index is 2.21. The molecule has 1 rings (SSSR count). The molecule has 7 heteroatoms. The van der Waals surface area contributed by atoms with E-state index in [2.05, 4.69) is 30.4 Å². The standard InChI is InChI=1S/C48H94N2O4S/c1-4-7-10-13-16-25-32-44-53-47(51)36-28-21-17-23-30-41-50(43-33-40-49-55-46-38-39-46)42-31-24-18-22-29-37-48(52)54-45(34-26-19-14-11-8-5-2)35-27-20-15-12-9-6-3/h45-46,49H,4-44H2,1-3H3. The fourth-order valence-electron chi connectivity index (χ4n) is 7.47. The van der Waals surface area contributed by atoms with E-state index in [0.717, 1.165) is 56.7 Å². The topological polar surface area (TPSA) is 67.9 Å². The fourth-order valence-corrected chi connectivity index (χ4v) is 8.34. The third-order valence-corrected chi connectivity index (χ3v) is 12.5. The first-order chi connectivity index (χ1) is 27.1. The molecule has 1 aliphatic rings. The molecule has 0 amide bonds. The highest BCUT2D eigenvalue weighted by atomic mass is 32.2. The average Bonchev–Trinajstić information content (AvgIpc) is 4.01. The van der Waals surface area contributed by atoms with Gasteiger partial charge >= 0.3 is 11.9 Å². The van der Waals surface area contributed by atoms with Gasteiger partial charge in [-0.05, 0) is 96.7 Å². The Morgan fingerprint density at radius 1 is 0.527 bits per heavy atom. The zero-order valence-corrected chi connectivity index (χ0v) is 38.0. The largest absolute Gasteiger partial charge is 0.466 e. The lowest BCUT2D eigenvalue weighted by atomic mass is 10.0. The first-order valence-corrected chi connectivity index (χ1v) is 25.4. The molecule has 0 aromatic heterocycles. The average molecular weight is 795 g/mol. The molecule has 0 aromatic rings. The molecule has 6 nitrogen and oxygen atoms in total. The molecule has 0 spiro atoms. The Morgan fingerprint density at radius 3 is 1.45 bits per heavy atom. The molecule has 0 saturated heterocycles. The van der Waals surface area contributed by atoms with Crippen molar-refractivity contribution in [1.82, 2.24) is 9.62 Å². The summed E-state index contributed by atoms with van der Waals surface area (Å²) in [6, 6.07) is 0. The van der Waals surface area contributed by atoms with Crippen molar-refractivity contribution in [2.45, 2.75) is 263 Å². The smallest absolute Gasteiger partial charge is 0.306 e. The van der Waals surface area contributed by atoms with Crippen LogP contribution in [0.2, 0.25) is 0 Å². The van der Waals surface area contributed by atoms with E-state index in [1.54, 1.807) is 0 Å². The van der Waals surface area contributed by atoms with Crippen LogP contribution in [0.5, 0.6) is 0 Å². The van der Waals surface area contributed by atoms with Crippen LogP contribution >= 0.6 is 11.9 Å². The van der Waals surface area contributed by atoms with Gasteiger partial charge in [0.15, 0.2) is 0 Å². The van der Waals surface area contributed by atoms with Crippen LogP contribution in [0.15, 0.2) is 0 Å². The minimum atomic E-state index is -0.00297. The molecular weight excluding hydrogens is 701 g/mol. The van der Waals surface area contributed by atoms with Crippen molar-refractivity contribution in [2.75, 3.05) is 32.8 Å². The third-order valence-electron chi connectivity index (χ3n) is 11.3. The van der Waals surface area contributed by atoms with E-state index in [-0.39, 0.29) is 18.0 Å². The number of nitrogens with one attached hydrogen (secondary N) is 1. The van der Waals surface area contributed by atoms with Crippen LogP contribution in [0.25, 0.3) is 0 Å². The van der Waals surface area contributed by atoms with Gasteiger partial charge in [0.25, 0.3) is 0 Å². The first kappa shape index (κ1) is 52.2. The van der Waals surface area contributed by atoms with Gasteiger partial charge in [-0.2, -0.15) is 0 Å². The van der Waals surface area contributed by atoms with E-state index in [0.29, 0.717) is 19.4 Å². The van der Waals surface area contributed by atoms with E-state index < -0.39 is 0 Å². The number of rotatable bonds is 45. The summed E-state index contributed by atoms with van der Waals surface area (Å²) in [5.41, 5.74) is 0. The van der Waals surface area contributed by atoms with E-state index in [1.807, 2.05) is 11.9 Å². The van der Waals surface area contributed by atoms with Crippen molar-refractivity contribution in [1.29, 1.82) is 0 Å². The Kier molecular flexibility index (Phi) is 39.3. The van der Waals surface area contributed by atoms with Crippen molar-refractivity contribution in [2.24, 2.45) is 0 Å². The maximum absolute atomic E-state index is 12.8. The number of nitrogens with zero attached hydrogens (tertiary/aromatic N) is 1. The summed E-state index contributed by atoms with van der Waals surface area (Å²) in [4.78, 5) is 27.6. The van der Waals surface area contributed by atoms with Crippen LogP contribution in [-0.4, -0.2) is 61.0 Å². The molecule has 0 bridgehead atoms. The molecule has 1 saturated carbocycles. The molecule has 1 fully saturated rings. The summed E-state index contributed by atoms with van der Waals surface area (Å²) >= 11 is 1.95. The first-order valence-electron chi connectivity index (χ1n) is 24.5. The summed E-state index contributed by atoms with van der Waals surface area (Å²) in [5, 5.41) is 0.863. The van der Waals surface area contributed by atoms with Gasteiger partial charge in [-0.25, -0.2) is 0 Å². The van der Waals surface area contributed by atoms with Gasteiger partial charge in [0, 0.05) is 24.6 Å². The second-order valence-electron chi connectivity index (χ2n) is 17.0. The quantitative estimate of drug-likeness (QED) is 0.0374. The number of ether oxygens (including phenoxy) is 2. The normalized spacial score (nSPS) is 13.0. The molecule has 326 valence electrons. The summed E-state index contributed by atoms with van der Waals surface area (Å²) < 4.78 is 15.1. The highest BCUT2D eigenvalue weighted by molar-refractivity contribution is 7.98. The summed E-state index contributed by atoms with van der Waals surface area (Å²) in [7, 11) is 0. The Hall–Kier alpha value is -0.790. The van der Waals surface area contributed by atoms with Crippen LogP contribution in [0.4, 0.5) is 0 Å². The van der Waals surface area contributed by atoms with Crippen LogP contribution in [0.3, 0.4) is 0 Å². The molecule has 0 unspecified atom stereocenters. The Morgan fingerprint density at radius 2 is 0.945 bits per heavy atom. The predicted octanol–water partition coefficient (Wildman–Crippen LogP) is 14.5. The Bertz CT molecular complexity index is 810. The van der Waals surface area contributed by atoms with E-state index in [1.165, 1.54) is 193 Å². The number of carbonyl (C=O) groups excluding carboxylic acids is 2. The third kappa shape index (κ3) is 38.5. The van der Waals surface area contributed by atoms with Gasteiger partial charge in [-0.3, -0.25) is 14.3 Å². The maximum Gasteiger partial charge on any atom is 0.306 e. The molecule has 1 aliphatic carbocycles. The lowest BCUT2D eigenvalue weighted by Gasteiger charge is -2.22. The lowest BCUT2D eigenvalue weighted by Crippen LogP contribution is -2.29. The van der Waals surface area contributed by atoms with Gasteiger partial charge in [-0.15, -0.1) is 0 Å². The molecule has 1 N–H and O–H groups in total. The SMILES string of the molecule is CCCCCCCCCOC(=O)CCCCCCCN(CCCCCCCC(=O)OC(CCCCCCCC)CCCCCCCC)CCCNSC1CC1. The van der Waals surface area contributed by atoms with Crippen molar-refractivity contribution in [3.63, 3.8) is 0 Å². The summed E-state index contributed by atoms with van der Waals surface area (Å²) in [6.45, 7) is 12.0. The zero-order chi connectivity index (χ0) is 39.7. The molecule has 0 aliphatic heterocycles. The predicted molar refractivity (Wildman–Crippen MR) is 240 cm³/mol. The van der Waals surface area contributed by atoms with Crippen molar-refractivity contribution in [3.8, 4) is 0 Å². The number of carbonyl (C=O) groups is 2. The highest BCUT2D eigenvalue weighted by Crippen LogP contribution is 2.31. The van der Waals surface area contributed by atoms with Crippen LogP contribution in [-0.2, 0) is 19.1 Å². The van der Waals surface area contributed by atoms with Crippen LogP contribution < -0.4 is 4.72 Å². The molecule has 0 radical (unpaired) electrons. The minimum absolute atomic E-state index is 0.00297. The second-order valence-corrected chi connectivity index (χ2v) is 18.2. The minimum Gasteiger partial charge on any atom is -0.466 e. The number of unbranched alkanes of at least 4 members (excludes halogenated alkanes) is 24. The van der Waals surface area contributed by atoms with Gasteiger partial charge in [0.2, 0.25) is 0 Å². The zero-order valence-electron chi connectivity index (χ0n) is 37.1. The van der Waals surface area contributed by atoms with E-state index in [4.69, 9.17) is 9.47 Å².